The number of hydrogen-bond acceptors (Lipinski definition) is 1. The lowest BCUT2D eigenvalue weighted by Crippen LogP contribution is -2.46. The van der Waals surface area contributed by atoms with Gasteiger partial charge in [-0.3, -0.25) is 0 Å². The third-order valence-electron chi connectivity index (χ3n) is 2.64. The van der Waals surface area contributed by atoms with Gasteiger partial charge in [0.25, 0.3) is 5.92 Å². The van der Waals surface area contributed by atoms with Crippen LogP contribution in [0, 0.1) is 11.8 Å². The van der Waals surface area contributed by atoms with Crippen LogP contribution in [-0.2, 0) is 0 Å². The van der Waals surface area contributed by atoms with Gasteiger partial charge in [0.15, 0.2) is 0 Å². The molecule has 1 rings (SSSR count). The van der Waals surface area contributed by atoms with E-state index in [1.54, 1.807) is 6.92 Å². The Hall–Kier alpha value is -0.180. The number of halogens is 2. The summed E-state index contributed by atoms with van der Waals surface area (Å²) in [5, 5.41) is 0. The molecule has 1 atom stereocenters. The van der Waals surface area contributed by atoms with Crippen molar-refractivity contribution in [3.05, 3.63) is 0 Å². The minimum Gasteiger partial charge on any atom is -0.302 e. The van der Waals surface area contributed by atoms with Gasteiger partial charge in [-0.2, -0.15) is 0 Å². The van der Waals surface area contributed by atoms with Crippen molar-refractivity contribution in [3.63, 3.8) is 0 Å². The lowest BCUT2D eigenvalue weighted by molar-refractivity contribution is -0.100. The molecule has 0 aromatic heterocycles. The molecule has 0 unspecified atom stereocenters. The molecule has 1 aliphatic heterocycles. The molecule has 1 saturated heterocycles. The fraction of sp³-hybridized carbons (Fsp3) is 1.00. The number of nitrogens with zero attached hydrogens (tertiary/aromatic N) is 1. The summed E-state index contributed by atoms with van der Waals surface area (Å²) in [6.07, 6.45) is 0.0287. The molecule has 1 heterocycles. The van der Waals surface area contributed by atoms with Crippen molar-refractivity contribution in [1.29, 1.82) is 0 Å². The zero-order valence-electron chi connectivity index (χ0n) is 8.69. The van der Waals surface area contributed by atoms with Crippen LogP contribution in [0.1, 0.15) is 27.2 Å². The standard InChI is InChI=1S/C10H19F2N/c1-8(2)6-13-5-4-10(11,12)9(3)7-13/h8-9H,4-7H2,1-3H3/t9-/m0/s1. The molecule has 0 radical (unpaired) electrons. The second kappa shape index (κ2) is 3.91. The van der Waals surface area contributed by atoms with Gasteiger partial charge < -0.3 is 4.90 Å². The maximum atomic E-state index is 13.1. The smallest absolute Gasteiger partial charge is 0.253 e. The maximum Gasteiger partial charge on any atom is 0.253 e. The van der Waals surface area contributed by atoms with Crippen LogP contribution < -0.4 is 0 Å². The average molecular weight is 191 g/mol. The van der Waals surface area contributed by atoms with Gasteiger partial charge in [-0.1, -0.05) is 20.8 Å². The molecule has 0 amide bonds. The lowest BCUT2D eigenvalue weighted by atomic mass is 9.95. The second-order valence-corrected chi connectivity index (χ2v) is 4.57. The van der Waals surface area contributed by atoms with Crippen LogP contribution in [0.15, 0.2) is 0 Å². The molecular weight excluding hydrogens is 172 g/mol. The maximum absolute atomic E-state index is 13.1. The number of piperidine rings is 1. The van der Waals surface area contributed by atoms with Crippen molar-refractivity contribution < 1.29 is 8.78 Å². The quantitative estimate of drug-likeness (QED) is 0.648. The van der Waals surface area contributed by atoms with Gasteiger partial charge in [0.1, 0.15) is 0 Å². The highest BCUT2D eigenvalue weighted by molar-refractivity contribution is 4.83. The van der Waals surface area contributed by atoms with Gasteiger partial charge in [0, 0.05) is 32.0 Å². The molecule has 1 fully saturated rings. The molecule has 0 spiro atoms. The van der Waals surface area contributed by atoms with E-state index in [9.17, 15) is 8.78 Å². The normalized spacial score (nSPS) is 29.5. The number of likely N-dealkylation sites (tertiary alicyclic amines) is 1. The fourth-order valence-corrected chi connectivity index (χ4v) is 1.85. The topological polar surface area (TPSA) is 3.24 Å². The molecule has 78 valence electrons. The van der Waals surface area contributed by atoms with Crippen molar-refractivity contribution in [2.45, 2.75) is 33.1 Å². The van der Waals surface area contributed by atoms with Crippen molar-refractivity contribution in [2.24, 2.45) is 11.8 Å². The molecular formula is C10H19F2N. The predicted molar refractivity (Wildman–Crippen MR) is 50.0 cm³/mol. The third-order valence-corrected chi connectivity index (χ3v) is 2.64. The lowest BCUT2D eigenvalue weighted by Gasteiger charge is -2.37. The first-order valence-electron chi connectivity index (χ1n) is 5.02. The zero-order chi connectivity index (χ0) is 10.1. The first kappa shape index (κ1) is 10.9. The van der Waals surface area contributed by atoms with E-state index in [0.29, 0.717) is 19.0 Å². The summed E-state index contributed by atoms with van der Waals surface area (Å²) in [5.74, 6) is -2.35. The zero-order valence-corrected chi connectivity index (χ0v) is 8.69. The van der Waals surface area contributed by atoms with Crippen LogP contribution in [0.25, 0.3) is 0 Å². The Morgan fingerprint density at radius 3 is 2.54 bits per heavy atom. The van der Waals surface area contributed by atoms with E-state index in [4.69, 9.17) is 0 Å². The van der Waals surface area contributed by atoms with E-state index < -0.39 is 11.8 Å². The SMILES string of the molecule is CC(C)CN1CCC(F)(F)[C@@H](C)C1. The summed E-state index contributed by atoms with van der Waals surface area (Å²) in [6, 6.07) is 0. The number of rotatable bonds is 2. The van der Waals surface area contributed by atoms with E-state index in [1.807, 2.05) is 0 Å². The summed E-state index contributed by atoms with van der Waals surface area (Å²) in [4.78, 5) is 2.15. The molecule has 13 heavy (non-hydrogen) atoms. The van der Waals surface area contributed by atoms with Crippen LogP contribution in [0.4, 0.5) is 8.78 Å². The molecule has 3 heteroatoms. The Morgan fingerprint density at radius 1 is 1.46 bits per heavy atom. The van der Waals surface area contributed by atoms with Crippen molar-refractivity contribution in [1.82, 2.24) is 4.90 Å². The predicted octanol–water partition coefficient (Wildman–Crippen LogP) is 2.62. The molecule has 0 aromatic carbocycles. The Balaban J connectivity index is 2.42. The molecule has 1 aliphatic rings. The van der Waals surface area contributed by atoms with Crippen LogP contribution >= 0.6 is 0 Å². The Bertz CT molecular complexity index is 168. The molecule has 0 aliphatic carbocycles. The first-order valence-corrected chi connectivity index (χ1v) is 5.02. The van der Waals surface area contributed by atoms with E-state index in [0.717, 1.165) is 6.54 Å². The summed E-state index contributed by atoms with van der Waals surface area (Å²) in [5.41, 5.74) is 0. The molecule has 0 N–H and O–H groups in total. The Kier molecular flexibility index (Phi) is 3.28. The highest BCUT2D eigenvalue weighted by Crippen LogP contribution is 2.32. The van der Waals surface area contributed by atoms with Crippen LogP contribution in [-0.4, -0.2) is 30.5 Å². The van der Waals surface area contributed by atoms with Crippen molar-refractivity contribution >= 4 is 0 Å². The largest absolute Gasteiger partial charge is 0.302 e. The van der Waals surface area contributed by atoms with Crippen LogP contribution in [0.5, 0.6) is 0 Å². The summed E-state index contributed by atoms with van der Waals surface area (Å²) >= 11 is 0. The highest BCUT2D eigenvalue weighted by Gasteiger charge is 2.40. The summed E-state index contributed by atoms with van der Waals surface area (Å²) < 4.78 is 26.2. The highest BCUT2D eigenvalue weighted by atomic mass is 19.3. The van der Waals surface area contributed by atoms with E-state index in [1.165, 1.54) is 0 Å². The van der Waals surface area contributed by atoms with E-state index in [2.05, 4.69) is 18.7 Å². The molecule has 0 bridgehead atoms. The minimum absolute atomic E-state index is 0.0287. The van der Waals surface area contributed by atoms with E-state index >= 15 is 0 Å². The second-order valence-electron chi connectivity index (χ2n) is 4.57. The van der Waals surface area contributed by atoms with Gasteiger partial charge in [-0.25, -0.2) is 8.78 Å². The summed E-state index contributed by atoms with van der Waals surface area (Å²) in [7, 11) is 0. The fourth-order valence-electron chi connectivity index (χ4n) is 1.85. The van der Waals surface area contributed by atoms with Gasteiger partial charge in [0.05, 0.1) is 0 Å². The summed E-state index contributed by atoms with van der Waals surface area (Å²) in [6.45, 7) is 7.93. The molecule has 1 nitrogen and oxygen atoms in total. The monoisotopic (exact) mass is 191 g/mol. The van der Waals surface area contributed by atoms with Gasteiger partial charge in [-0.05, 0) is 5.92 Å². The average Bonchev–Trinajstić information content (AvgIpc) is 1.97. The molecule has 0 aromatic rings. The third kappa shape index (κ3) is 2.90. The minimum atomic E-state index is -2.44. The number of hydrogen-bond donors (Lipinski definition) is 0. The Morgan fingerprint density at radius 2 is 2.08 bits per heavy atom. The van der Waals surface area contributed by atoms with Gasteiger partial charge in [-0.15, -0.1) is 0 Å². The first-order chi connectivity index (χ1) is 5.92. The Labute approximate surface area is 79.1 Å². The van der Waals surface area contributed by atoms with Crippen LogP contribution in [0.3, 0.4) is 0 Å². The van der Waals surface area contributed by atoms with Crippen molar-refractivity contribution in [2.75, 3.05) is 19.6 Å². The van der Waals surface area contributed by atoms with E-state index in [-0.39, 0.29) is 6.42 Å². The number of alkyl halides is 2. The van der Waals surface area contributed by atoms with Crippen molar-refractivity contribution in [3.8, 4) is 0 Å². The van der Waals surface area contributed by atoms with Gasteiger partial charge in [0.2, 0.25) is 0 Å². The molecule has 0 saturated carbocycles. The van der Waals surface area contributed by atoms with Crippen LogP contribution in [0.2, 0.25) is 0 Å². The van der Waals surface area contributed by atoms with Gasteiger partial charge >= 0.3 is 0 Å².